The van der Waals surface area contributed by atoms with Crippen molar-refractivity contribution in [3.05, 3.63) is 42.4 Å². The lowest BCUT2D eigenvalue weighted by Gasteiger charge is -1.98. The Kier molecular flexibility index (Phi) is 2.07. The summed E-state index contributed by atoms with van der Waals surface area (Å²) in [6, 6.07) is 8.31. The first-order valence-electron chi connectivity index (χ1n) is 4.13. The summed E-state index contributed by atoms with van der Waals surface area (Å²) in [5, 5.41) is 9.09. The number of furan rings is 1. The van der Waals surface area contributed by atoms with E-state index < -0.39 is 0 Å². The zero-order valence-corrected chi connectivity index (χ0v) is 7.31. The summed E-state index contributed by atoms with van der Waals surface area (Å²) in [5.74, 6) is 0.501. The molecule has 0 spiro atoms. The summed E-state index contributed by atoms with van der Waals surface area (Å²) in [7, 11) is 0. The maximum absolute atomic E-state index is 10.6. The van der Waals surface area contributed by atoms with Crippen LogP contribution < -0.4 is 0 Å². The van der Waals surface area contributed by atoms with E-state index in [1.54, 1.807) is 30.3 Å². The van der Waals surface area contributed by atoms with Gasteiger partial charge in [-0.2, -0.15) is 0 Å². The lowest BCUT2D eigenvalue weighted by Crippen LogP contribution is -1.80. The Balaban J connectivity index is 2.49. The average molecular weight is 188 g/mol. The van der Waals surface area contributed by atoms with Crippen molar-refractivity contribution < 1.29 is 14.3 Å². The minimum atomic E-state index is 0.199. The molecule has 0 radical (unpaired) electrons. The van der Waals surface area contributed by atoms with Gasteiger partial charge in [0.05, 0.1) is 6.26 Å². The molecule has 3 nitrogen and oxygen atoms in total. The second-order valence-corrected chi connectivity index (χ2v) is 2.86. The summed E-state index contributed by atoms with van der Waals surface area (Å²) in [6.07, 6.45) is 2.13. The predicted molar refractivity (Wildman–Crippen MR) is 51.2 cm³/mol. The molecular weight excluding hydrogens is 180 g/mol. The lowest BCUT2D eigenvalue weighted by molar-refractivity contribution is 0.110. The van der Waals surface area contributed by atoms with Crippen molar-refractivity contribution in [3.8, 4) is 16.9 Å². The third-order valence-corrected chi connectivity index (χ3v) is 1.98. The van der Waals surface area contributed by atoms with Crippen molar-refractivity contribution >= 4 is 6.29 Å². The van der Waals surface area contributed by atoms with E-state index in [-0.39, 0.29) is 5.75 Å². The largest absolute Gasteiger partial charge is 0.508 e. The number of aromatic hydroxyl groups is 1. The Hall–Kier alpha value is -2.03. The number of carbonyl (C=O) groups excluding carboxylic acids is 1. The molecule has 14 heavy (non-hydrogen) atoms. The maximum atomic E-state index is 10.6. The minimum Gasteiger partial charge on any atom is -0.508 e. The molecule has 0 aliphatic carbocycles. The van der Waals surface area contributed by atoms with Crippen LogP contribution in [0.2, 0.25) is 0 Å². The lowest BCUT2D eigenvalue weighted by atomic mass is 10.1. The molecule has 1 aromatic carbocycles. The summed E-state index contributed by atoms with van der Waals surface area (Å²) in [5.41, 5.74) is 1.58. The highest BCUT2D eigenvalue weighted by molar-refractivity contribution is 5.84. The number of hydrogen-bond donors (Lipinski definition) is 1. The van der Waals surface area contributed by atoms with Crippen LogP contribution >= 0.6 is 0 Å². The SMILES string of the molecule is O=Cc1occc1-c1ccc(O)cc1. The molecule has 0 amide bonds. The molecule has 0 atom stereocenters. The molecule has 1 N–H and O–H groups in total. The zero-order chi connectivity index (χ0) is 9.97. The van der Waals surface area contributed by atoms with Crippen LogP contribution in [-0.4, -0.2) is 11.4 Å². The van der Waals surface area contributed by atoms with E-state index in [9.17, 15) is 4.79 Å². The van der Waals surface area contributed by atoms with E-state index in [1.807, 2.05) is 0 Å². The van der Waals surface area contributed by atoms with Gasteiger partial charge in [0.25, 0.3) is 0 Å². The van der Waals surface area contributed by atoms with Gasteiger partial charge in [-0.1, -0.05) is 12.1 Å². The molecule has 3 heteroatoms. The Morgan fingerprint density at radius 3 is 2.50 bits per heavy atom. The molecule has 0 aliphatic heterocycles. The second-order valence-electron chi connectivity index (χ2n) is 2.86. The number of hydrogen-bond acceptors (Lipinski definition) is 3. The number of aldehydes is 1. The first-order valence-corrected chi connectivity index (χ1v) is 4.13. The molecule has 70 valence electrons. The Morgan fingerprint density at radius 1 is 1.14 bits per heavy atom. The van der Waals surface area contributed by atoms with Gasteiger partial charge in [-0.15, -0.1) is 0 Å². The van der Waals surface area contributed by atoms with Crippen LogP contribution in [0.15, 0.2) is 41.0 Å². The molecule has 1 aromatic heterocycles. The van der Waals surface area contributed by atoms with Crippen LogP contribution in [0.5, 0.6) is 5.75 Å². The highest BCUT2D eigenvalue weighted by atomic mass is 16.3. The van der Waals surface area contributed by atoms with Gasteiger partial charge >= 0.3 is 0 Å². The van der Waals surface area contributed by atoms with E-state index >= 15 is 0 Å². The fourth-order valence-electron chi connectivity index (χ4n) is 1.29. The van der Waals surface area contributed by atoms with Gasteiger partial charge in [-0.25, -0.2) is 0 Å². The van der Waals surface area contributed by atoms with Crippen molar-refractivity contribution in [2.45, 2.75) is 0 Å². The number of benzene rings is 1. The molecule has 2 aromatic rings. The van der Waals surface area contributed by atoms with Crippen molar-refractivity contribution in [3.63, 3.8) is 0 Å². The van der Waals surface area contributed by atoms with E-state index in [0.29, 0.717) is 12.0 Å². The van der Waals surface area contributed by atoms with E-state index in [0.717, 1.165) is 11.1 Å². The van der Waals surface area contributed by atoms with Gasteiger partial charge in [-0.3, -0.25) is 4.79 Å². The van der Waals surface area contributed by atoms with Gasteiger partial charge in [0.1, 0.15) is 5.75 Å². The summed E-state index contributed by atoms with van der Waals surface area (Å²) >= 11 is 0. The van der Waals surface area contributed by atoms with Crippen LogP contribution in [0.4, 0.5) is 0 Å². The smallest absolute Gasteiger partial charge is 0.185 e. The molecule has 0 fully saturated rings. The average Bonchev–Trinajstić information content (AvgIpc) is 2.67. The van der Waals surface area contributed by atoms with Gasteiger partial charge in [0, 0.05) is 5.56 Å². The molecule has 2 rings (SSSR count). The third-order valence-electron chi connectivity index (χ3n) is 1.98. The van der Waals surface area contributed by atoms with E-state index in [4.69, 9.17) is 9.52 Å². The summed E-state index contributed by atoms with van der Waals surface area (Å²) in [4.78, 5) is 10.6. The highest BCUT2D eigenvalue weighted by Crippen LogP contribution is 2.25. The Morgan fingerprint density at radius 2 is 1.86 bits per heavy atom. The maximum Gasteiger partial charge on any atom is 0.185 e. The van der Waals surface area contributed by atoms with Crippen molar-refractivity contribution in [1.82, 2.24) is 0 Å². The third kappa shape index (κ3) is 1.40. The molecule has 1 heterocycles. The fourth-order valence-corrected chi connectivity index (χ4v) is 1.29. The van der Waals surface area contributed by atoms with Crippen molar-refractivity contribution in [2.24, 2.45) is 0 Å². The highest BCUT2D eigenvalue weighted by Gasteiger charge is 2.06. The molecule has 0 saturated carbocycles. The summed E-state index contributed by atoms with van der Waals surface area (Å²) < 4.78 is 4.97. The molecule has 0 aliphatic rings. The van der Waals surface area contributed by atoms with Crippen LogP contribution in [0.3, 0.4) is 0 Å². The first-order chi connectivity index (χ1) is 6.81. The Bertz CT molecular complexity index is 440. The summed E-state index contributed by atoms with van der Waals surface area (Å²) in [6.45, 7) is 0. The van der Waals surface area contributed by atoms with E-state index in [2.05, 4.69) is 0 Å². The van der Waals surface area contributed by atoms with Crippen LogP contribution in [0.25, 0.3) is 11.1 Å². The predicted octanol–water partition coefficient (Wildman–Crippen LogP) is 2.46. The number of carbonyl (C=O) groups is 1. The minimum absolute atomic E-state index is 0.199. The van der Waals surface area contributed by atoms with E-state index in [1.165, 1.54) is 6.26 Å². The van der Waals surface area contributed by atoms with Crippen molar-refractivity contribution in [1.29, 1.82) is 0 Å². The molecule has 0 unspecified atom stereocenters. The molecule has 0 saturated heterocycles. The van der Waals surface area contributed by atoms with Gasteiger partial charge in [0.15, 0.2) is 12.0 Å². The normalized spacial score (nSPS) is 10.0. The van der Waals surface area contributed by atoms with Gasteiger partial charge < -0.3 is 9.52 Å². The zero-order valence-electron chi connectivity index (χ0n) is 7.31. The number of phenolic OH excluding ortho intramolecular Hbond substituents is 1. The number of rotatable bonds is 2. The molecular formula is C11H8O3. The first kappa shape index (κ1) is 8.56. The second kappa shape index (κ2) is 3.38. The van der Waals surface area contributed by atoms with Gasteiger partial charge in [-0.05, 0) is 23.8 Å². The Labute approximate surface area is 80.6 Å². The quantitative estimate of drug-likeness (QED) is 0.736. The van der Waals surface area contributed by atoms with Crippen LogP contribution in [0.1, 0.15) is 10.6 Å². The van der Waals surface area contributed by atoms with Crippen molar-refractivity contribution in [2.75, 3.05) is 0 Å². The topological polar surface area (TPSA) is 50.4 Å². The number of phenols is 1. The van der Waals surface area contributed by atoms with Crippen LogP contribution in [0, 0.1) is 0 Å². The van der Waals surface area contributed by atoms with Gasteiger partial charge in [0.2, 0.25) is 0 Å². The monoisotopic (exact) mass is 188 g/mol. The fraction of sp³-hybridized carbons (Fsp3) is 0. The standard InChI is InChI=1S/C11H8O3/c12-7-11-10(5-6-14-11)8-1-3-9(13)4-2-8/h1-7,13H. The van der Waals surface area contributed by atoms with Crippen LogP contribution in [-0.2, 0) is 0 Å². The molecule has 0 bridgehead atoms.